The van der Waals surface area contributed by atoms with E-state index in [1.165, 1.54) is 18.3 Å². The summed E-state index contributed by atoms with van der Waals surface area (Å²) in [6.07, 6.45) is 0.657. The van der Waals surface area contributed by atoms with Crippen LogP contribution in [0.1, 0.15) is 29.3 Å². The molecule has 0 aliphatic carbocycles. The molecule has 0 saturated carbocycles. The second kappa shape index (κ2) is 4.19. The molecule has 0 unspecified atom stereocenters. The Kier molecular flexibility index (Phi) is 3.19. The Morgan fingerprint density at radius 3 is 2.64 bits per heavy atom. The molecule has 14 heavy (non-hydrogen) atoms. The van der Waals surface area contributed by atoms with Gasteiger partial charge in [-0.3, -0.25) is 4.79 Å². The molecule has 1 heterocycles. The maximum Gasteiger partial charge on any atom is 0.357 e. The van der Waals surface area contributed by atoms with Gasteiger partial charge in [0.05, 0.1) is 5.01 Å². The predicted molar refractivity (Wildman–Crippen MR) is 52.8 cm³/mol. The van der Waals surface area contributed by atoms with Crippen molar-refractivity contribution in [1.29, 1.82) is 0 Å². The van der Waals surface area contributed by atoms with Crippen LogP contribution in [0.5, 0.6) is 0 Å². The number of rotatable bonds is 3. The molecular weight excluding hydrogens is 204 g/mol. The van der Waals surface area contributed by atoms with Crippen LogP contribution >= 0.6 is 11.3 Å². The number of hydrogen-bond donors (Lipinski definition) is 2. The minimum absolute atomic E-state index is 0.0814. The summed E-state index contributed by atoms with van der Waals surface area (Å²) in [4.78, 5) is 25.4. The Hall–Kier alpha value is -1.43. The zero-order valence-electron chi connectivity index (χ0n) is 7.83. The van der Waals surface area contributed by atoms with Crippen LogP contribution in [0.2, 0.25) is 0 Å². The molecule has 1 aromatic heterocycles. The number of anilines is 1. The monoisotopic (exact) mass is 214 g/mol. The number of carboxylic acids is 1. The number of amides is 1. The number of carboxylic acid groups (broad SMARTS) is 1. The van der Waals surface area contributed by atoms with Crippen LogP contribution in [0.4, 0.5) is 5.00 Å². The number of aromatic carboxylic acids is 1. The maximum absolute atomic E-state index is 10.8. The number of nitrogens with one attached hydrogen (secondary N) is 1. The summed E-state index contributed by atoms with van der Waals surface area (Å²) in [6.45, 7) is 3.21. The van der Waals surface area contributed by atoms with E-state index in [9.17, 15) is 9.59 Å². The third kappa shape index (κ3) is 2.29. The Labute approximate surface area is 84.8 Å². The molecule has 0 aliphatic heterocycles. The molecule has 0 atom stereocenters. The van der Waals surface area contributed by atoms with Crippen LogP contribution in [0.15, 0.2) is 0 Å². The number of aromatic nitrogens is 1. The quantitative estimate of drug-likeness (QED) is 0.796. The van der Waals surface area contributed by atoms with Crippen LogP contribution in [0.25, 0.3) is 0 Å². The minimum Gasteiger partial charge on any atom is -0.476 e. The van der Waals surface area contributed by atoms with Gasteiger partial charge in [0.25, 0.3) is 0 Å². The minimum atomic E-state index is -1.12. The molecule has 0 radical (unpaired) electrons. The highest BCUT2D eigenvalue weighted by molar-refractivity contribution is 7.16. The van der Waals surface area contributed by atoms with Gasteiger partial charge in [-0.1, -0.05) is 6.92 Å². The van der Waals surface area contributed by atoms with Crippen molar-refractivity contribution >= 4 is 28.2 Å². The van der Waals surface area contributed by atoms with E-state index in [1.54, 1.807) is 0 Å². The normalized spacial score (nSPS) is 9.86. The van der Waals surface area contributed by atoms with Crippen molar-refractivity contribution in [2.75, 3.05) is 5.32 Å². The number of carbonyl (C=O) groups is 2. The molecule has 0 aliphatic rings. The summed E-state index contributed by atoms with van der Waals surface area (Å²) in [5.41, 5.74) is -0.0814. The topological polar surface area (TPSA) is 79.3 Å². The fraction of sp³-hybridized carbons (Fsp3) is 0.375. The molecule has 2 N–H and O–H groups in total. The Bertz CT molecular complexity index is 373. The molecule has 1 amide bonds. The van der Waals surface area contributed by atoms with E-state index >= 15 is 0 Å². The number of aryl methyl sites for hydroxylation is 1. The van der Waals surface area contributed by atoms with Crippen molar-refractivity contribution in [2.24, 2.45) is 0 Å². The molecule has 76 valence electrons. The van der Waals surface area contributed by atoms with Crippen molar-refractivity contribution in [3.63, 3.8) is 0 Å². The highest BCUT2D eigenvalue weighted by Crippen LogP contribution is 2.24. The van der Waals surface area contributed by atoms with E-state index in [4.69, 9.17) is 5.11 Å². The molecular formula is C8H10N2O3S. The molecule has 0 spiro atoms. The molecule has 5 nitrogen and oxygen atoms in total. The molecule has 0 saturated heterocycles. The lowest BCUT2D eigenvalue weighted by atomic mass is 10.4. The van der Waals surface area contributed by atoms with Crippen molar-refractivity contribution in [3.8, 4) is 0 Å². The first-order valence-electron chi connectivity index (χ1n) is 4.05. The third-order valence-electron chi connectivity index (χ3n) is 1.47. The first-order valence-corrected chi connectivity index (χ1v) is 4.86. The molecule has 1 aromatic rings. The Morgan fingerprint density at radius 2 is 2.21 bits per heavy atom. The van der Waals surface area contributed by atoms with Crippen molar-refractivity contribution < 1.29 is 14.7 Å². The highest BCUT2D eigenvalue weighted by Gasteiger charge is 2.17. The van der Waals surface area contributed by atoms with Crippen LogP contribution in [-0.4, -0.2) is 22.0 Å². The van der Waals surface area contributed by atoms with Gasteiger partial charge >= 0.3 is 5.97 Å². The average molecular weight is 214 g/mol. The van der Waals surface area contributed by atoms with Gasteiger partial charge < -0.3 is 10.4 Å². The smallest absolute Gasteiger partial charge is 0.357 e. The van der Waals surface area contributed by atoms with Gasteiger partial charge in [-0.25, -0.2) is 9.78 Å². The fourth-order valence-corrected chi connectivity index (χ4v) is 1.85. The lowest BCUT2D eigenvalue weighted by molar-refractivity contribution is -0.114. The van der Waals surface area contributed by atoms with Crippen LogP contribution in [0.3, 0.4) is 0 Å². The van der Waals surface area contributed by atoms with Crippen molar-refractivity contribution in [2.45, 2.75) is 20.3 Å². The lowest BCUT2D eigenvalue weighted by Gasteiger charge is -1.96. The second-order valence-corrected chi connectivity index (χ2v) is 3.71. The van der Waals surface area contributed by atoms with Crippen LogP contribution < -0.4 is 5.32 Å². The zero-order valence-corrected chi connectivity index (χ0v) is 8.64. The standard InChI is InChI=1S/C8H10N2O3S/c1-3-5-10-6(8(12)13)7(14-5)9-4(2)11/h3H2,1-2H3,(H,9,11)(H,12,13). The van der Waals surface area contributed by atoms with Gasteiger partial charge in [0.1, 0.15) is 5.00 Å². The summed E-state index contributed by atoms with van der Waals surface area (Å²) >= 11 is 1.19. The van der Waals surface area contributed by atoms with Crippen molar-refractivity contribution in [3.05, 3.63) is 10.7 Å². The van der Waals surface area contributed by atoms with E-state index < -0.39 is 5.97 Å². The number of carbonyl (C=O) groups excluding carboxylic acids is 1. The molecule has 0 aromatic carbocycles. The van der Waals surface area contributed by atoms with Gasteiger partial charge in [0, 0.05) is 6.92 Å². The lowest BCUT2D eigenvalue weighted by Crippen LogP contribution is -2.08. The molecule has 1 rings (SSSR count). The third-order valence-corrected chi connectivity index (χ3v) is 2.58. The number of hydrogen-bond acceptors (Lipinski definition) is 4. The summed E-state index contributed by atoms with van der Waals surface area (Å²) < 4.78 is 0. The van der Waals surface area contributed by atoms with Gasteiger partial charge in [0.15, 0.2) is 5.69 Å². The van der Waals surface area contributed by atoms with Gasteiger partial charge in [0.2, 0.25) is 5.91 Å². The van der Waals surface area contributed by atoms with Gasteiger partial charge in [-0.2, -0.15) is 0 Å². The van der Waals surface area contributed by atoms with E-state index in [1.807, 2.05) is 6.92 Å². The summed E-state index contributed by atoms with van der Waals surface area (Å²) in [6, 6.07) is 0. The van der Waals surface area contributed by atoms with Crippen molar-refractivity contribution in [1.82, 2.24) is 4.98 Å². The highest BCUT2D eigenvalue weighted by atomic mass is 32.1. The van der Waals surface area contributed by atoms with Gasteiger partial charge in [-0.05, 0) is 6.42 Å². The zero-order chi connectivity index (χ0) is 10.7. The van der Waals surface area contributed by atoms with E-state index in [2.05, 4.69) is 10.3 Å². The second-order valence-electron chi connectivity index (χ2n) is 2.63. The Morgan fingerprint density at radius 1 is 1.57 bits per heavy atom. The fourth-order valence-electron chi connectivity index (χ4n) is 0.905. The first kappa shape index (κ1) is 10.6. The molecule has 0 bridgehead atoms. The summed E-state index contributed by atoms with van der Waals surface area (Å²) in [5.74, 6) is -1.41. The van der Waals surface area contributed by atoms with Gasteiger partial charge in [-0.15, -0.1) is 11.3 Å². The maximum atomic E-state index is 10.8. The Balaban J connectivity index is 3.05. The summed E-state index contributed by atoms with van der Waals surface area (Å²) in [5, 5.41) is 12.2. The van der Waals surface area contributed by atoms with E-state index in [0.29, 0.717) is 16.4 Å². The molecule has 0 fully saturated rings. The average Bonchev–Trinajstić information content (AvgIpc) is 2.46. The number of thiazole rings is 1. The van der Waals surface area contributed by atoms with Crippen LogP contribution in [-0.2, 0) is 11.2 Å². The predicted octanol–water partition coefficient (Wildman–Crippen LogP) is 1.36. The number of nitrogens with zero attached hydrogens (tertiary/aromatic N) is 1. The van der Waals surface area contributed by atoms with E-state index in [0.717, 1.165) is 0 Å². The SMILES string of the molecule is CCc1nc(C(=O)O)c(NC(C)=O)s1. The van der Waals surface area contributed by atoms with E-state index in [-0.39, 0.29) is 11.6 Å². The molecule has 6 heteroatoms. The largest absolute Gasteiger partial charge is 0.476 e. The first-order chi connectivity index (χ1) is 6.54. The summed E-state index contributed by atoms with van der Waals surface area (Å²) in [7, 11) is 0. The van der Waals surface area contributed by atoms with Crippen LogP contribution in [0, 0.1) is 0 Å².